The van der Waals surface area contributed by atoms with E-state index >= 15 is 0 Å². The first-order chi connectivity index (χ1) is 11.7. The first kappa shape index (κ1) is 16.0. The minimum absolute atomic E-state index is 0.171. The van der Waals surface area contributed by atoms with E-state index in [-0.39, 0.29) is 5.91 Å². The minimum atomic E-state index is -0.171. The summed E-state index contributed by atoms with van der Waals surface area (Å²) in [6.45, 7) is 4.42. The summed E-state index contributed by atoms with van der Waals surface area (Å²) >= 11 is 0. The van der Waals surface area contributed by atoms with E-state index in [0.717, 1.165) is 31.9 Å². The van der Waals surface area contributed by atoms with E-state index < -0.39 is 0 Å². The fraction of sp³-hybridized carbons (Fsp3) is 0.263. The van der Waals surface area contributed by atoms with E-state index in [1.807, 2.05) is 18.2 Å². The zero-order valence-electron chi connectivity index (χ0n) is 13.7. The van der Waals surface area contributed by atoms with Crippen LogP contribution in [0.2, 0.25) is 0 Å². The van der Waals surface area contributed by atoms with E-state index in [9.17, 15) is 4.79 Å². The molecule has 2 N–H and O–H groups in total. The third kappa shape index (κ3) is 3.73. The van der Waals surface area contributed by atoms with E-state index in [1.165, 1.54) is 5.69 Å². The maximum Gasteiger partial charge on any atom is 0.255 e. The Morgan fingerprint density at radius 2 is 1.71 bits per heavy atom. The number of rotatable bonds is 3. The lowest BCUT2D eigenvalue weighted by Gasteiger charge is -2.31. The summed E-state index contributed by atoms with van der Waals surface area (Å²) in [6, 6.07) is 16.6. The number of nitriles is 1. The number of nitrogens with one attached hydrogen (secondary N) is 2. The van der Waals surface area contributed by atoms with Crippen LogP contribution in [-0.4, -0.2) is 39.1 Å². The lowest BCUT2D eigenvalue weighted by molar-refractivity contribution is -0.880. The van der Waals surface area contributed by atoms with Gasteiger partial charge in [0.05, 0.1) is 44.9 Å². The van der Waals surface area contributed by atoms with E-state index in [1.54, 1.807) is 29.2 Å². The van der Waals surface area contributed by atoms with Gasteiger partial charge >= 0.3 is 0 Å². The standard InChI is InChI=1S/C19H20N4O/c1-22-10-12-23(13-11-22)18-8-6-17(7-9-18)21-19(24)16-4-2-15(14-20)3-5-16/h2-9H,10-13H2,1H3,(H,21,24)/p+1. The average Bonchev–Trinajstić information content (AvgIpc) is 2.63. The molecule has 0 atom stereocenters. The van der Waals surface area contributed by atoms with Crippen LogP contribution in [0.1, 0.15) is 15.9 Å². The Balaban J connectivity index is 1.63. The number of nitrogens with zero attached hydrogens (tertiary/aromatic N) is 2. The number of benzene rings is 2. The first-order valence-corrected chi connectivity index (χ1v) is 8.13. The molecular weight excluding hydrogens is 300 g/mol. The van der Waals surface area contributed by atoms with Crippen molar-refractivity contribution in [2.45, 2.75) is 0 Å². The van der Waals surface area contributed by atoms with Gasteiger partial charge in [-0.3, -0.25) is 4.79 Å². The molecule has 1 fully saturated rings. The van der Waals surface area contributed by atoms with Gasteiger partial charge in [0, 0.05) is 16.9 Å². The Kier molecular flexibility index (Phi) is 4.78. The fourth-order valence-corrected chi connectivity index (χ4v) is 2.80. The second-order valence-corrected chi connectivity index (χ2v) is 6.13. The summed E-state index contributed by atoms with van der Waals surface area (Å²) in [5.41, 5.74) is 3.05. The number of likely N-dealkylation sites (N-methyl/N-ethyl adjacent to an activating group) is 1. The average molecular weight is 321 g/mol. The van der Waals surface area contributed by atoms with Crippen LogP contribution in [0.4, 0.5) is 11.4 Å². The smallest absolute Gasteiger partial charge is 0.255 e. The summed E-state index contributed by atoms with van der Waals surface area (Å²) in [5, 5.41) is 11.7. The van der Waals surface area contributed by atoms with Crippen molar-refractivity contribution in [3.05, 3.63) is 59.7 Å². The van der Waals surface area contributed by atoms with Crippen molar-refractivity contribution < 1.29 is 9.69 Å². The number of piperazine rings is 1. The molecule has 1 amide bonds. The Labute approximate surface area is 142 Å². The van der Waals surface area contributed by atoms with Crippen LogP contribution in [0.25, 0.3) is 0 Å². The third-order valence-corrected chi connectivity index (χ3v) is 4.38. The molecule has 122 valence electrons. The molecule has 0 radical (unpaired) electrons. The van der Waals surface area contributed by atoms with Crippen molar-refractivity contribution >= 4 is 17.3 Å². The predicted octanol–water partition coefficient (Wildman–Crippen LogP) is 1.15. The van der Waals surface area contributed by atoms with Gasteiger partial charge in [0.1, 0.15) is 0 Å². The number of hydrogen-bond donors (Lipinski definition) is 2. The van der Waals surface area contributed by atoms with Crippen LogP contribution >= 0.6 is 0 Å². The highest BCUT2D eigenvalue weighted by atomic mass is 16.1. The van der Waals surface area contributed by atoms with Crippen LogP contribution in [0, 0.1) is 11.3 Å². The monoisotopic (exact) mass is 321 g/mol. The van der Waals surface area contributed by atoms with Crippen molar-refractivity contribution in [1.82, 2.24) is 0 Å². The van der Waals surface area contributed by atoms with Gasteiger partial charge in [-0.2, -0.15) is 5.26 Å². The molecule has 24 heavy (non-hydrogen) atoms. The van der Waals surface area contributed by atoms with Gasteiger partial charge in [0.15, 0.2) is 0 Å². The molecule has 0 spiro atoms. The Morgan fingerprint density at radius 1 is 1.08 bits per heavy atom. The quantitative estimate of drug-likeness (QED) is 0.891. The molecule has 1 aliphatic rings. The van der Waals surface area contributed by atoms with Crippen molar-refractivity contribution in [2.75, 3.05) is 43.4 Å². The van der Waals surface area contributed by atoms with Crippen LogP contribution in [0.5, 0.6) is 0 Å². The molecule has 0 saturated carbocycles. The molecule has 0 aromatic heterocycles. The number of hydrogen-bond acceptors (Lipinski definition) is 3. The number of carbonyl (C=O) groups excluding carboxylic acids is 1. The predicted molar refractivity (Wildman–Crippen MR) is 94.4 cm³/mol. The minimum Gasteiger partial charge on any atom is -0.360 e. The normalized spacial score (nSPS) is 14.9. The molecule has 1 heterocycles. The van der Waals surface area contributed by atoms with Gasteiger partial charge in [0.25, 0.3) is 5.91 Å². The molecular formula is C19H21N4O+. The fourth-order valence-electron chi connectivity index (χ4n) is 2.80. The third-order valence-electron chi connectivity index (χ3n) is 4.38. The Morgan fingerprint density at radius 3 is 2.29 bits per heavy atom. The molecule has 1 aliphatic heterocycles. The van der Waals surface area contributed by atoms with Gasteiger partial charge in [-0.15, -0.1) is 0 Å². The molecule has 5 nitrogen and oxygen atoms in total. The Bertz CT molecular complexity index is 738. The van der Waals surface area contributed by atoms with Crippen molar-refractivity contribution in [1.29, 1.82) is 5.26 Å². The van der Waals surface area contributed by atoms with Crippen LogP contribution in [0.15, 0.2) is 48.5 Å². The highest BCUT2D eigenvalue weighted by Gasteiger charge is 2.16. The number of amides is 1. The highest BCUT2D eigenvalue weighted by molar-refractivity contribution is 6.04. The largest absolute Gasteiger partial charge is 0.360 e. The summed E-state index contributed by atoms with van der Waals surface area (Å²) < 4.78 is 0. The second kappa shape index (κ2) is 7.16. The highest BCUT2D eigenvalue weighted by Crippen LogP contribution is 2.18. The van der Waals surface area contributed by atoms with Crippen molar-refractivity contribution in [3.63, 3.8) is 0 Å². The molecule has 0 aliphatic carbocycles. The van der Waals surface area contributed by atoms with Crippen LogP contribution in [0.3, 0.4) is 0 Å². The van der Waals surface area contributed by atoms with Crippen LogP contribution < -0.4 is 15.1 Å². The SMILES string of the molecule is C[NH+]1CCN(c2ccc(NC(=O)c3ccc(C#N)cc3)cc2)CC1. The zero-order chi connectivity index (χ0) is 16.9. The maximum absolute atomic E-state index is 12.2. The zero-order valence-corrected chi connectivity index (χ0v) is 13.7. The lowest BCUT2D eigenvalue weighted by Crippen LogP contribution is -3.12. The molecule has 2 aromatic carbocycles. The summed E-state index contributed by atoms with van der Waals surface area (Å²) in [5.74, 6) is -0.171. The van der Waals surface area contributed by atoms with Crippen LogP contribution in [-0.2, 0) is 0 Å². The van der Waals surface area contributed by atoms with E-state index in [2.05, 4.69) is 29.4 Å². The maximum atomic E-state index is 12.2. The van der Waals surface area contributed by atoms with Gasteiger partial charge in [-0.1, -0.05) is 0 Å². The van der Waals surface area contributed by atoms with Crippen molar-refractivity contribution in [2.24, 2.45) is 0 Å². The van der Waals surface area contributed by atoms with E-state index in [4.69, 9.17) is 5.26 Å². The topological polar surface area (TPSA) is 60.6 Å². The Hall–Kier alpha value is -2.84. The lowest BCUT2D eigenvalue weighted by atomic mass is 10.1. The van der Waals surface area contributed by atoms with Gasteiger partial charge in [0.2, 0.25) is 0 Å². The first-order valence-electron chi connectivity index (χ1n) is 8.13. The number of quaternary nitrogens is 1. The molecule has 1 saturated heterocycles. The second-order valence-electron chi connectivity index (χ2n) is 6.13. The van der Waals surface area contributed by atoms with E-state index in [0.29, 0.717) is 11.1 Å². The molecule has 0 bridgehead atoms. The summed E-state index contributed by atoms with van der Waals surface area (Å²) in [6.07, 6.45) is 0. The molecule has 3 rings (SSSR count). The van der Waals surface area contributed by atoms with Crippen molar-refractivity contribution in [3.8, 4) is 6.07 Å². The molecule has 0 unspecified atom stereocenters. The number of carbonyl (C=O) groups is 1. The van der Waals surface area contributed by atoms with Gasteiger partial charge in [-0.25, -0.2) is 0 Å². The molecule has 5 heteroatoms. The van der Waals surface area contributed by atoms with Gasteiger partial charge < -0.3 is 15.1 Å². The summed E-state index contributed by atoms with van der Waals surface area (Å²) in [4.78, 5) is 16.2. The van der Waals surface area contributed by atoms with Gasteiger partial charge in [-0.05, 0) is 48.5 Å². The molecule has 2 aromatic rings. The summed E-state index contributed by atoms with van der Waals surface area (Å²) in [7, 11) is 2.22. The number of anilines is 2.